The van der Waals surface area contributed by atoms with Gasteiger partial charge in [0.05, 0.1) is 19.6 Å². The van der Waals surface area contributed by atoms with Crippen molar-refractivity contribution in [3.63, 3.8) is 0 Å². The zero-order valence-electron chi connectivity index (χ0n) is 10.6. The summed E-state index contributed by atoms with van der Waals surface area (Å²) in [6, 6.07) is 7.07. The van der Waals surface area contributed by atoms with Crippen LogP contribution >= 0.6 is 0 Å². The lowest BCUT2D eigenvalue weighted by atomic mass is 10.3. The van der Waals surface area contributed by atoms with Gasteiger partial charge in [0, 0.05) is 12.2 Å². The van der Waals surface area contributed by atoms with E-state index in [0.29, 0.717) is 37.6 Å². The molecule has 18 heavy (non-hydrogen) atoms. The van der Waals surface area contributed by atoms with E-state index in [9.17, 15) is 4.79 Å². The Morgan fingerprint density at radius 3 is 2.67 bits per heavy atom. The Kier molecular flexibility index (Phi) is 5.59. The Morgan fingerprint density at radius 2 is 2.11 bits per heavy atom. The quantitative estimate of drug-likeness (QED) is 0.611. The average molecular weight is 246 g/mol. The highest BCUT2D eigenvalue weighted by Crippen LogP contribution is 2.13. The fourth-order valence-electron chi connectivity index (χ4n) is 1.46. The molecule has 1 aromatic rings. The number of hydrogen-bond acceptors (Lipinski definition) is 3. The smallest absolute Gasteiger partial charge is 0.226 e. The third-order valence-corrected chi connectivity index (χ3v) is 2.48. The summed E-state index contributed by atoms with van der Waals surface area (Å²) in [6.45, 7) is 3.20. The summed E-state index contributed by atoms with van der Waals surface area (Å²) in [5, 5.41) is 0. The van der Waals surface area contributed by atoms with Crippen LogP contribution in [0.5, 0.6) is 5.75 Å². The van der Waals surface area contributed by atoms with Crippen LogP contribution in [-0.2, 0) is 4.79 Å². The van der Waals surface area contributed by atoms with E-state index in [4.69, 9.17) is 16.9 Å². The van der Waals surface area contributed by atoms with Crippen LogP contribution in [0.1, 0.15) is 13.3 Å². The predicted octanol–water partition coefficient (Wildman–Crippen LogP) is 1.52. The van der Waals surface area contributed by atoms with Gasteiger partial charge < -0.3 is 15.4 Å². The molecule has 0 aliphatic rings. The number of nitrogens with two attached hydrogens (primary N) is 1. The lowest BCUT2D eigenvalue weighted by molar-refractivity contribution is -0.130. The highest BCUT2D eigenvalue weighted by Gasteiger charge is 2.09. The lowest BCUT2D eigenvalue weighted by Gasteiger charge is -2.17. The SMILES string of the molecule is C#CCN(CC)C(=O)CCOc1ccc(N)cc1. The highest BCUT2D eigenvalue weighted by molar-refractivity contribution is 5.76. The second kappa shape index (κ2) is 7.23. The number of carbonyl (C=O) groups is 1. The molecule has 0 heterocycles. The molecule has 0 unspecified atom stereocenters. The van der Waals surface area contributed by atoms with E-state index in [2.05, 4.69) is 5.92 Å². The summed E-state index contributed by atoms with van der Waals surface area (Å²) in [5.41, 5.74) is 6.24. The van der Waals surface area contributed by atoms with Crippen molar-refractivity contribution in [1.82, 2.24) is 4.90 Å². The third-order valence-electron chi connectivity index (χ3n) is 2.48. The van der Waals surface area contributed by atoms with Crippen molar-refractivity contribution >= 4 is 11.6 Å². The van der Waals surface area contributed by atoms with Crippen LogP contribution in [0.4, 0.5) is 5.69 Å². The van der Waals surface area contributed by atoms with Gasteiger partial charge in [-0.3, -0.25) is 4.79 Å². The number of nitrogen functional groups attached to an aromatic ring is 1. The molecule has 1 aromatic carbocycles. The summed E-state index contributed by atoms with van der Waals surface area (Å²) in [7, 11) is 0. The molecule has 0 bridgehead atoms. The van der Waals surface area contributed by atoms with Gasteiger partial charge in [0.1, 0.15) is 5.75 Å². The monoisotopic (exact) mass is 246 g/mol. The Bertz CT molecular complexity index is 420. The molecule has 0 aliphatic carbocycles. The number of ether oxygens (including phenoxy) is 1. The zero-order chi connectivity index (χ0) is 13.4. The molecule has 1 amide bonds. The molecule has 0 saturated heterocycles. The van der Waals surface area contributed by atoms with E-state index in [-0.39, 0.29) is 5.91 Å². The fourth-order valence-corrected chi connectivity index (χ4v) is 1.46. The fraction of sp³-hybridized carbons (Fsp3) is 0.357. The molecule has 96 valence electrons. The van der Waals surface area contributed by atoms with Crippen molar-refractivity contribution in [3.05, 3.63) is 24.3 Å². The van der Waals surface area contributed by atoms with E-state index in [1.165, 1.54) is 0 Å². The van der Waals surface area contributed by atoms with Crippen LogP contribution in [0.25, 0.3) is 0 Å². The summed E-state index contributed by atoms with van der Waals surface area (Å²) in [4.78, 5) is 13.4. The van der Waals surface area contributed by atoms with Crippen LogP contribution in [0, 0.1) is 12.3 Å². The Hall–Kier alpha value is -2.15. The molecule has 1 rings (SSSR count). The Morgan fingerprint density at radius 1 is 1.44 bits per heavy atom. The first-order valence-corrected chi connectivity index (χ1v) is 5.87. The number of benzene rings is 1. The van der Waals surface area contributed by atoms with Crippen molar-refractivity contribution in [3.8, 4) is 18.1 Å². The molecule has 0 spiro atoms. The normalized spacial score (nSPS) is 9.56. The van der Waals surface area contributed by atoms with Crippen LogP contribution in [-0.4, -0.2) is 30.5 Å². The number of hydrogen-bond donors (Lipinski definition) is 1. The Balaban J connectivity index is 2.35. The third kappa shape index (κ3) is 4.38. The maximum atomic E-state index is 11.7. The number of nitrogens with zero attached hydrogens (tertiary/aromatic N) is 1. The molecule has 0 aromatic heterocycles. The van der Waals surface area contributed by atoms with Gasteiger partial charge >= 0.3 is 0 Å². The first-order chi connectivity index (χ1) is 8.67. The summed E-state index contributed by atoms with van der Waals surface area (Å²) < 4.78 is 5.45. The number of anilines is 1. The molecule has 0 fully saturated rings. The predicted molar refractivity (Wildman–Crippen MR) is 72.1 cm³/mol. The molecule has 0 saturated carbocycles. The number of carbonyl (C=O) groups excluding carboxylic acids is 1. The minimum Gasteiger partial charge on any atom is -0.493 e. The first-order valence-electron chi connectivity index (χ1n) is 5.87. The van der Waals surface area contributed by atoms with E-state index >= 15 is 0 Å². The zero-order valence-corrected chi connectivity index (χ0v) is 10.6. The van der Waals surface area contributed by atoms with Gasteiger partial charge in [-0.05, 0) is 31.2 Å². The maximum Gasteiger partial charge on any atom is 0.226 e. The Labute approximate surface area is 108 Å². The molecule has 0 atom stereocenters. The van der Waals surface area contributed by atoms with Crippen molar-refractivity contribution in [2.45, 2.75) is 13.3 Å². The van der Waals surface area contributed by atoms with Crippen LogP contribution in [0.3, 0.4) is 0 Å². The topological polar surface area (TPSA) is 55.6 Å². The molecule has 0 aliphatic heterocycles. The van der Waals surface area contributed by atoms with Gasteiger partial charge in [0.2, 0.25) is 5.91 Å². The van der Waals surface area contributed by atoms with Crippen molar-refractivity contribution in [2.75, 3.05) is 25.4 Å². The molecular weight excluding hydrogens is 228 g/mol. The highest BCUT2D eigenvalue weighted by atomic mass is 16.5. The van der Waals surface area contributed by atoms with E-state index in [1.54, 1.807) is 29.2 Å². The minimum absolute atomic E-state index is 0.00546. The number of rotatable bonds is 6. The van der Waals surface area contributed by atoms with Crippen LogP contribution in [0.2, 0.25) is 0 Å². The van der Waals surface area contributed by atoms with Crippen LogP contribution < -0.4 is 10.5 Å². The van der Waals surface area contributed by atoms with E-state index in [1.807, 2.05) is 6.92 Å². The van der Waals surface area contributed by atoms with E-state index in [0.717, 1.165) is 0 Å². The summed E-state index contributed by atoms with van der Waals surface area (Å²) in [5.74, 6) is 3.18. The van der Waals surface area contributed by atoms with Crippen molar-refractivity contribution in [1.29, 1.82) is 0 Å². The molecular formula is C14H18N2O2. The van der Waals surface area contributed by atoms with E-state index < -0.39 is 0 Å². The number of amides is 1. The molecule has 2 N–H and O–H groups in total. The second-order valence-electron chi connectivity index (χ2n) is 3.78. The second-order valence-corrected chi connectivity index (χ2v) is 3.78. The van der Waals surface area contributed by atoms with Gasteiger partial charge in [-0.2, -0.15) is 0 Å². The van der Waals surface area contributed by atoms with Gasteiger partial charge in [-0.1, -0.05) is 5.92 Å². The van der Waals surface area contributed by atoms with Crippen LogP contribution in [0.15, 0.2) is 24.3 Å². The summed E-state index contributed by atoms with van der Waals surface area (Å²) >= 11 is 0. The van der Waals surface area contributed by atoms with Crippen molar-refractivity contribution < 1.29 is 9.53 Å². The van der Waals surface area contributed by atoms with Gasteiger partial charge in [-0.25, -0.2) is 0 Å². The maximum absolute atomic E-state index is 11.7. The molecule has 4 nitrogen and oxygen atoms in total. The van der Waals surface area contributed by atoms with Crippen molar-refractivity contribution in [2.24, 2.45) is 0 Å². The average Bonchev–Trinajstić information content (AvgIpc) is 2.38. The molecule has 0 radical (unpaired) electrons. The summed E-state index contributed by atoms with van der Waals surface area (Å²) in [6.07, 6.45) is 5.51. The van der Waals surface area contributed by atoms with Gasteiger partial charge in [-0.15, -0.1) is 6.42 Å². The standard InChI is InChI=1S/C14H18N2O2/c1-3-10-16(4-2)14(17)9-11-18-13-7-5-12(15)6-8-13/h1,5-8H,4,9-11,15H2,2H3. The first kappa shape index (κ1) is 13.9. The lowest BCUT2D eigenvalue weighted by Crippen LogP contribution is -2.32. The molecule has 4 heteroatoms. The largest absolute Gasteiger partial charge is 0.493 e. The number of terminal acetylenes is 1. The van der Waals surface area contributed by atoms with Gasteiger partial charge in [0.15, 0.2) is 0 Å². The van der Waals surface area contributed by atoms with Gasteiger partial charge in [0.25, 0.3) is 0 Å². The minimum atomic E-state index is 0.00546.